The van der Waals surface area contributed by atoms with E-state index in [1.54, 1.807) is 0 Å². The fourth-order valence-corrected chi connectivity index (χ4v) is 0. The van der Waals surface area contributed by atoms with E-state index in [4.69, 9.17) is 59.4 Å². The summed E-state index contributed by atoms with van der Waals surface area (Å²) in [7, 11) is 0. The molecule has 0 saturated carbocycles. The summed E-state index contributed by atoms with van der Waals surface area (Å²) in [5, 5.41) is 53.6. The van der Waals surface area contributed by atoms with Gasteiger partial charge in [0.25, 0.3) is 0 Å². The first kappa shape index (κ1) is 36.4. The van der Waals surface area contributed by atoms with Crippen LogP contribution in [0.1, 0.15) is 0 Å². The molecule has 0 unspecified atom stereocenters. The molecular weight excluding hydrogens is 384 g/mol. The largest absolute Gasteiger partial charge is 3.00 e. The van der Waals surface area contributed by atoms with Gasteiger partial charge in [-0.1, -0.05) is 0 Å². The molecule has 0 aromatic carbocycles. The summed E-state index contributed by atoms with van der Waals surface area (Å²) >= 11 is 0. The van der Waals surface area contributed by atoms with E-state index in [1.165, 1.54) is 0 Å². The maximum absolute atomic E-state index is 8.93. The molecule has 0 bridgehead atoms. The first-order valence-corrected chi connectivity index (χ1v) is 3.20. The number of carboxylic acid groups (broad SMARTS) is 6. The minimum absolute atomic E-state index is 0. The molecule has 0 aliphatic carbocycles. The maximum atomic E-state index is 8.93. The van der Waals surface area contributed by atoms with Gasteiger partial charge in [0.05, 0.1) is 35.8 Å². The monoisotopic (exact) mass is 386 g/mol. The van der Waals surface area contributed by atoms with E-state index in [1.807, 2.05) is 0 Å². The van der Waals surface area contributed by atoms with Crippen LogP contribution in [0, 0.1) is 0 Å². The molecule has 116 valence electrons. The van der Waals surface area contributed by atoms with Crippen molar-refractivity contribution in [1.82, 2.24) is 0 Å². The van der Waals surface area contributed by atoms with Crippen LogP contribution in [0.15, 0.2) is 0 Å². The summed E-state index contributed by atoms with van der Waals surface area (Å²) in [6.45, 7) is 0. The van der Waals surface area contributed by atoms with Crippen molar-refractivity contribution in [3.05, 3.63) is 0 Å². The van der Waals surface area contributed by atoms with Gasteiger partial charge in [-0.3, -0.25) is 0 Å². The Bertz CT molecular complexity index is 282. The summed E-state index contributed by atoms with van der Waals surface area (Å²) in [5.74, 6) is -13.1. The molecule has 0 amide bonds. The SMILES string of the molecule is O.O=C([O-])C(=O)[O-].O=C([O-])C(=O)[O-].O=C([O-])C(=O)[O-].[Cr+3].[Cr+3]. The Hall–Kier alpha value is -2.16. The van der Waals surface area contributed by atoms with Crippen LogP contribution in [0.25, 0.3) is 0 Å². The third-order valence-electron chi connectivity index (χ3n) is 0.500. The van der Waals surface area contributed by atoms with E-state index in [9.17, 15) is 0 Å². The van der Waals surface area contributed by atoms with Crippen LogP contribution in [0.2, 0.25) is 0 Å². The van der Waals surface area contributed by atoms with E-state index in [-0.39, 0.29) is 40.2 Å². The minimum atomic E-state index is -2.19. The molecule has 15 heteroatoms. The second kappa shape index (κ2) is 20.2. The van der Waals surface area contributed by atoms with Gasteiger partial charge in [-0.2, -0.15) is 0 Å². The normalized spacial score (nSPS) is 6.29. The van der Waals surface area contributed by atoms with E-state index < -0.39 is 35.8 Å². The van der Waals surface area contributed by atoms with Crippen molar-refractivity contribution in [3.63, 3.8) is 0 Å². The Morgan fingerprint density at radius 1 is 0.381 bits per heavy atom. The fourth-order valence-electron chi connectivity index (χ4n) is 0. The second-order valence-corrected chi connectivity index (χ2v) is 1.72. The summed E-state index contributed by atoms with van der Waals surface area (Å²) in [6, 6.07) is 0. The van der Waals surface area contributed by atoms with Gasteiger partial charge >= 0.3 is 34.7 Å². The molecule has 0 rings (SSSR count). The predicted octanol–water partition coefficient (Wildman–Crippen LogP) is -11.4. The van der Waals surface area contributed by atoms with Crippen molar-refractivity contribution in [3.8, 4) is 0 Å². The Labute approximate surface area is 136 Å². The van der Waals surface area contributed by atoms with Crippen LogP contribution >= 0.6 is 0 Å². The molecule has 0 fully saturated rings. The molecule has 0 spiro atoms. The zero-order valence-corrected chi connectivity index (χ0v) is 11.8. The zero-order chi connectivity index (χ0) is 15.5. The van der Waals surface area contributed by atoms with Crippen molar-refractivity contribution < 1.29 is 99.6 Å². The molecule has 0 aliphatic heterocycles. The third kappa shape index (κ3) is 46.2. The average molecular weight is 386 g/mol. The number of hydrogen-bond donors (Lipinski definition) is 0. The van der Waals surface area contributed by atoms with Gasteiger partial charge in [-0.15, -0.1) is 0 Å². The molecule has 0 aromatic heterocycles. The zero-order valence-electron chi connectivity index (χ0n) is 9.22. The predicted molar refractivity (Wildman–Crippen MR) is 33.7 cm³/mol. The van der Waals surface area contributed by atoms with Gasteiger partial charge in [-0.05, 0) is 0 Å². The van der Waals surface area contributed by atoms with Crippen molar-refractivity contribution >= 4 is 35.8 Å². The molecule has 2 radical (unpaired) electrons. The molecule has 0 atom stereocenters. The smallest absolute Gasteiger partial charge is 0.543 e. The van der Waals surface area contributed by atoms with Gasteiger partial charge in [0.1, 0.15) is 0 Å². The van der Waals surface area contributed by atoms with Gasteiger partial charge in [0, 0.05) is 0 Å². The van der Waals surface area contributed by atoms with Gasteiger partial charge in [-0.25, -0.2) is 0 Å². The number of aliphatic carboxylic acids is 6. The molecule has 0 heterocycles. The van der Waals surface area contributed by atoms with Crippen LogP contribution in [0.5, 0.6) is 0 Å². The van der Waals surface area contributed by atoms with Crippen LogP contribution in [0.3, 0.4) is 0 Å². The van der Waals surface area contributed by atoms with E-state index in [0.717, 1.165) is 0 Å². The van der Waals surface area contributed by atoms with Crippen molar-refractivity contribution in [1.29, 1.82) is 0 Å². The van der Waals surface area contributed by atoms with Crippen LogP contribution in [-0.2, 0) is 63.5 Å². The van der Waals surface area contributed by atoms with Crippen LogP contribution in [-0.4, -0.2) is 41.3 Å². The molecular formula is C6H2Cr2O13. The third-order valence-corrected chi connectivity index (χ3v) is 0.500. The summed E-state index contributed by atoms with van der Waals surface area (Å²) in [4.78, 5) is 53.6. The van der Waals surface area contributed by atoms with Crippen LogP contribution < -0.4 is 30.6 Å². The van der Waals surface area contributed by atoms with Gasteiger partial charge in [0.15, 0.2) is 0 Å². The molecule has 0 saturated heterocycles. The quantitative estimate of drug-likeness (QED) is 0.351. The topological polar surface area (TPSA) is 272 Å². The molecule has 13 nitrogen and oxygen atoms in total. The molecule has 2 N–H and O–H groups in total. The Morgan fingerprint density at radius 3 is 0.429 bits per heavy atom. The Morgan fingerprint density at radius 2 is 0.429 bits per heavy atom. The summed E-state index contributed by atoms with van der Waals surface area (Å²) < 4.78 is 0. The van der Waals surface area contributed by atoms with Crippen molar-refractivity contribution in [2.24, 2.45) is 0 Å². The van der Waals surface area contributed by atoms with Crippen LogP contribution in [0.4, 0.5) is 0 Å². The first-order chi connectivity index (χ1) is 7.93. The molecule has 0 aromatic rings. The number of hydrogen-bond acceptors (Lipinski definition) is 12. The first-order valence-electron chi connectivity index (χ1n) is 3.20. The van der Waals surface area contributed by atoms with Crippen molar-refractivity contribution in [2.45, 2.75) is 0 Å². The summed E-state index contributed by atoms with van der Waals surface area (Å²) in [5.41, 5.74) is 0. The minimum Gasteiger partial charge on any atom is -0.543 e. The number of carboxylic acids is 6. The molecule has 0 aliphatic rings. The fraction of sp³-hybridized carbons (Fsp3) is 0. The summed E-state index contributed by atoms with van der Waals surface area (Å²) in [6.07, 6.45) is 0. The van der Waals surface area contributed by atoms with E-state index >= 15 is 0 Å². The average Bonchev–Trinajstić information content (AvgIpc) is 2.18. The Balaban J connectivity index is -0.0000000375. The van der Waals surface area contributed by atoms with E-state index in [2.05, 4.69) is 0 Å². The molecule has 21 heavy (non-hydrogen) atoms. The second-order valence-electron chi connectivity index (χ2n) is 1.72. The number of carbonyl (C=O) groups excluding carboxylic acids is 6. The number of rotatable bonds is 0. The van der Waals surface area contributed by atoms with Gasteiger partial charge in [0.2, 0.25) is 0 Å². The van der Waals surface area contributed by atoms with E-state index in [0.29, 0.717) is 0 Å². The van der Waals surface area contributed by atoms with Crippen molar-refractivity contribution in [2.75, 3.05) is 0 Å². The maximum Gasteiger partial charge on any atom is 3.00 e. The standard InChI is InChI=1S/3C2H2O4.2Cr.H2O/c3*3-1(4)2(5)6;;;/h3*(H,3,4)(H,5,6);;;1H2/q;;;2*+3;/p-6. The Kier molecular flexibility index (Phi) is 34.9. The number of carbonyl (C=O) groups is 6. The van der Waals surface area contributed by atoms with Gasteiger partial charge < -0.3 is 64.9 Å².